The second-order valence-corrected chi connectivity index (χ2v) is 7.91. The van der Waals surface area contributed by atoms with Crippen LogP contribution in [0.1, 0.15) is 46.1 Å². The number of hydrogen-bond donors (Lipinski definition) is 0. The molecule has 0 radical (unpaired) electrons. The molecule has 1 aromatic rings. The van der Waals surface area contributed by atoms with E-state index in [1.807, 2.05) is 12.1 Å². The van der Waals surface area contributed by atoms with Crippen LogP contribution < -0.4 is 4.90 Å². The lowest BCUT2D eigenvalue weighted by atomic mass is 9.83. The molecule has 0 unspecified atom stereocenters. The minimum atomic E-state index is -0.706. The molecule has 0 amide bonds. The zero-order valence-electron chi connectivity index (χ0n) is 16.2. The zero-order chi connectivity index (χ0) is 19.3. The van der Waals surface area contributed by atoms with Crippen molar-refractivity contribution in [2.75, 3.05) is 31.2 Å². The van der Waals surface area contributed by atoms with Gasteiger partial charge in [-0.1, -0.05) is 27.7 Å². The van der Waals surface area contributed by atoms with Crippen LogP contribution in [0.2, 0.25) is 0 Å². The van der Waals surface area contributed by atoms with Crippen LogP contribution in [-0.2, 0) is 10.3 Å². The van der Waals surface area contributed by atoms with Gasteiger partial charge in [0.25, 0.3) is 11.2 Å². The topological polar surface area (TPSA) is 60.0 Å². The maximum atomic E-state index is 11.8. The van der Waals surface area contributed by atoms with Gasteiger partial charge in [-0.05, 0) is 24.0 Å². The average Bonchev–Trinajstić information content (AvgIpc) is 2.60. The summed E-state index contributed by atoms with van der Waals surface area (Å²) in [6.07, 6.45) is 1.16. The number of nitro groups is 1. The molecule has 0 aromatic heterocycles. The van der Waals surface area contributed by atoms with E-state index in [2.05, 4.69) is 37.4 Å². The van der Waals surface area contributed by atoms with Crippen molar-refractivity contribution in [1.82, 2.24) is 0 Å². The number of nitro benzene ring substituents is 1. The fraction of sp³-hybridized carbons (Fsp3) is 0.650. The molecule has 6 heteroatoms. The number of hydrogen-bond acceptors (Lipinski definition) is 4. The standard InChI is InChI=1S/C20H29N3O3/c1-15(2)13-22(14-16(3)4)18-7-6-17(12-19(18)23(24)25)20(21-5)8-10-26-11-9-20/h6-7,12,15-16H,8-11,13-14H2,1-4H3. The lowest BCUT2D eigenvalue weighted by Crippen LogP contribution is -2.33. The lowest BCUT2D eigenvalue weighted by Gasteiger charge is -2.30. The van der Waals surface area contributed by atoms with E-state index in [0.717, 1.165) is 18.7 Å². The molecule has 2 rings (SSSR count). The van der Waals surface area contributed by atoms with Crippen molar-refractivity contribution in [2.24, 2.45) is 11.8 Å². The van der Waals surface area contributed by atoms with Gasteiger partial charge in [-0.25, -0.2) is 6.57 Å². The van der Waals surface area contributed by atoms with Crippen LogP contribution in [0.15, 0.2) is 18.2 Å². The van der Waals surface area contributed by atoms with E-state index in [0.29, 0.717) is 43.6 Å². The Morgan fingerprint density at radius 1 is 1.23 bits per heavy atom. The van der Waals surface area contributed by atoms with E-state index in [-0.39, 0.29) is 10.6 Å². The minimum Gasteiger partial charge on any atom is -0.381 e. The van der Waals surface area contributed by atoms with E-state index in [1.54, 1.807) is 6.07 Å². The Labute approximate surface area is 156 Å². The molecule has 0 N–H and O–H groups in total. The third-order valence-electron chi connectivity index (χ3n) is 4.76. The molecule has 0 bridgehead atoms. The van der Waals surface area contributed by atoms with Gasteiger partial charge in [0.15, 0.2) is 0 Å². The number of anilines is 1. The van der Waals surface area contributed by atoms with Crippen LogP contribution >= 0.6 is 0 Å². The quantitative estimate of drug-likeness (QED) is 0.404. The predicted octanol–water partition coefficient (Wildman–Crippen LogP) is 4.64. The van der Waals surface area contributed by atoms with Crippen LogP contribution in [0, 0.1) is 28.5 Å². The molecule has 1 aromatic carbocycles. The minimum absolute atomic E-state index is 0.0957. The number of benzene rings is 1. The van der Waals surface area contributed by atoms with Crippen molar-refractivity contribution in [2.45, 2.75) is 46.1 Å². The fourth-order valence-corrected chi connectivity index (χ4v) is 3.55. The molecule has 1 saturated heterocycles. The van der Waals surface area contributed by atoms with E-state index in [9.17, 15) is 10.1 Å². The summed E-state index contributed by atoms with van der Waals surface area (Å²) in [4.78, 5) is 17.4. The van der Waals surface area contributed by atoms with Crippen molar-refractivity contribution < 1.29 is 9.66 Å². The second-order valence-electron chi connectivity index (χ2n) is 7.91. The molecule has 1 aliphatic rings. The fourth-order valence-electron chi connectivity index (χ4n) is 3.55. The summed E-state index contributed by atoms with van der Waals surface area (Å²) in [7, 11) is 0. The molecule has 142 valence electrons. The monoisotopic (exact) mass is 359 g/mol. The van der Waals surface area contributed by atoms with E-state index < -0.39 is 5.54 Å². The van der Waals surface area contributed by atoms with Crippen molar-refractivity contribution in [3.8, 4) is 0 Å². The van der Waals surface area contributed by atoms with Gasteiger partial charge in [-0.2, -0.15) is 0 Å². The second kappa shape index (κ2) is 8.50. The highest BCUT2D eigenvalue weighted by atomic mass is 16.6. The Morgan fingerprint density at radius 3 is 2.27 bits per heavy atom. The highest BCUT2D eigenvalue weighted by molar-refractivity contribution is 5.65. The smallest absolute Gasteiger partial charge is 0.293 e. The highest BCUT2D eigenvalue weighted by Crippen LogP contribution is 2.40. The van der Waals surface area contributed by atoms with Gasteiger partial charge < -0.3 is 14.5 Å². The van der Waals surface area contributed by atoms with Gasteiger partial charge >= 0.3 is 0 Å². The van der Waals surface area contributed by atoms with Crippen molar-refractivity contribution in [3.05, 3.63) is 45.3 Å². The summed E-state index contributed by atoms with van der Waals surface area (Å²) in [5.41, 5.74) is 0.773. The molecule has 1 fully saturated rings. The molecule has 1 heterocycles. The third-order valence-corrected chi connectivity index (χ3v) is 4.76. The molecule has 26 heavy (non-hydrogen) atoms. The predicted molar refractivity (Wildman–Crippen MR) is 103 cm³/mol. The van der Waals surface area contributed by atoms with Crippen LogP contribution in [-0.4, -0.2) is 31.2 Å². The molecule has 0 atom stereocenters. The number of rotatable bonds is 7. The van der Waals surface area contributed by atoms with E-state index in [4.69, 9.17) is 11.3 Å². The Bertz CT molecular complexity index is 663. The van der Waals surface area contributed by atoms with E-state index in [1.165, 1.54) is 0 Å². The summed E-state index contributed by atoms with van der Waals surface area (Å²) < 4.78 is 5.39. The summed E-state index contributed by atoms with van der Waals surface area (Å²) in [6.45, 7) is 18.7. The van der Waals surface area contributed by atoms with Gasteiger partial charge in [-0.15, -0.1) is 0 Å². The van der Waals surface area contributed by atoms with Crippen LogP contribution in [0.4, 0.5) is 11.4 Å². The SMILES string of the molecule is [C-]#[N+]C1(c2ccc(N(CC(C)C)CC(C)C)c([N+](=O)[O-])c2)CCOCC1. The molecule has 6 nitrogen and oxygen atoms in total. The number of nitrogens with zero attached hydrogens (tertiary/aromatic N) is 3. The van der Waals surface area contributed by atoms with Crippen molar-refractivity contribution >= 4 is 11.4 Å². The maximum absolute atomic E-state index is 11.8. The van der Waals surface area contributed by atoms with Crippen LogP contribution in [0.5, 0.6) is 0 Å². The van der Waals surface area contributed by atoms with Gasteiger partial charge in [-0.3, -0.25) is 10.1 Å². The van der Waals surface area contributed by atoms with Gasteiger partial charge in [0.2, 0.25) is 0 Å². The average molecular weight is 359 g/mol. The summed E-state index contributed by atoms with van der Waals surface area (Å²) >= 11 is 0. The largest absolute Gasteiger partial charge is 0.381 e. The van der Waals surface area contributed by atoms with Crippen LogP contribution in [0.3, 0.4) is 0 Å². The molecule has 0 spiro atoms. The molecule has 0 saturated carbocycles. The maximum Gasteiger partial charge on any atom is 0.293 e. The zero-order valence-corrected chi connectivity index (χ0v) is 16.2. The first-order valence-corrected chi connectivity index (χ1v) is 9.29. The lowest BCUT2D eigenvalue weighted by molar-refractivity contribution is -0.384. The normalized spacial score (nSPS) is 16.5. The first-order chi connectivity index (χ1) is 12.3. The van der Waals surface area contributed by atoms with Gasteiger partial charge in [0.1, 0.15) is 5.69 Å². The number of ether oxygens (including phenoxy) is 1. The summed E-state index contributed by atoms with van der Waals surface area (Å²) in [6, 6.07) is 5.35. The van der Waals surface area contributed by atoms with Gasteiger partial charge in [0, 0.05) is 24.7 Å². The van der Waals surface area contributed by atoms with E-state index >= 15 is 0 Å². The first-order valence-electron chi connectivity index (χ1n) is 9.29. The Balaban J connectivity index is 2.48. The summed E-state index contributed by atoms with van der Waals surface area (Å²) in [5, 5.41) is 11.8. The Hall–Kier alpha value is -2.13. The molecular weight excluding hydrogens is 330 g/mol. The van der Waals surface area contributed by atoms with Crippen molar-refractivity contribution in [1.29, 1.82) is 0 Å². The molecule has 0 aliphatic carbocycles. The Morgan fingerprint density at radius 2 is 1.81 bits per heavy atom. The first kappa shape index (κ1) is 20.2. The third kappa shape index (κ3) is 4.53. The summed E-state index contributed by atoms with van der Waals surface area (Å²) in [5.74, 6) is 0.802. The Kier molecular flexibility index (Phi) is 6.60. The molecule has 1 aliphatic heterocycles. The highest BCUT2D eigenvalue weighted by Gasteiger charge is 2.42. The van der Waals surface area contributed by atoms with Crippen molar-refractivity contribution in [3.63, 3.8) is 0 Å². The van der Waals surface area contributed by atoms with Gasteiger partial charge in [0.05, 0.1) is 31.0 Å². The van der Waals surface area contributed by atoms with Crippen LogP contribution in [0.25, 0.3) is 4.85 Å². The molecular formula is C20H29N3O3.